The number of hydrogen-bond donors (Lipinski definition) is 0. The zero-order valence-corrected chi connectivity index (χ0v) is 16.7. The molecule has 0 aliphatic rings. The first-order chi connectivity index (χ1) is 12.7. The van der Waals surface area contributed by atoms with Crippen LogP contribution in [0, 0.1) is 0 Å². The van der Waals surface area contributed by atoms with Crippen molar-refractivity contribution in [3.05, 3.63) is 70.1 Å². The van der Waals surface area contributed by atoms with Crippen LogP contribution in [-0.4, -0.2) is 27.0 Å². The fourth-order valence-electron chi connectivity index (χ4n) is 3.24. The molecule has 0 aliphatic carbocycles. The Balaban J connectivity index is 1.75. The van der Waals surface area contributed by atoms with Gasteiger partial charge in [0, 0.05) is 20.6 Å². The zero-order chi connectivity index (χ0) is 19.8. The van der Waals surface area contributed by atoms with E-state index in [4.69, 9.17) is 0 Å². The van der Waals surface area contributed by atoms with Crippen LogP contribution in [0.2, 0.25) is 0 Å². The highest BCUT2D eigenvalue weighted by Crippen LogP contribution is 2.22. The molecule has 0 aliphatic heterocycles. The van der Waals surface area contributed by atoms with Gasteiger partial charge < -0.3 is 4.90 Å². The molecule has 5 heteroatoms. The van der Waals surface area contributed by atoms with Crippen LogP contribution in [0.3, 0.4) is 0 Å². The molecule has 0 N–H and O–H groups in total. The maximum atomic E-state index is 12.7. The summed E-state index contributed by atoms with van der Waals surface area (Å²) in [6.07, 6.45) is 0. The van der Waals surface area contributed by atoms with Crippen LogP contribution >= 0.6 is 0 Å². The van der Waals surface area contributed by atoms with E-state index in [0.29, 0.717) is 6.54 Å². The van der Waals surface area contributed by atoms with Gasteiger partial charge in [0.15, 0.2) is 0 Å². The third-order valence-electron chi connectivity index (χ3n) is 5.01. The van der Waals surface area contributed by atoms with E-state index in [9.17, 15) is 9.59 Å². The summed E-state index contributed by atoms with van der Waals surface area (Å²) in [6, 6.07) is 15.9. The van der Waals surface area contributed by atoms with Crippen molar-refractivity contribution in [1.82, 2.24) is 14.0 Å². The number of benzene rings is 2. The third-order valence-corrected chi connectivity index (χ3v) is 5.01. The van der Waals surface area contributed by atoms with Crippen LogP contribution < -0.4 is 5.69 Å². The summed E-state index contributed by atoms with van der Waals surface area (Å²) in [5.41, 5.74) is 3.88. The van der Waals surface area contributed by atoms with Crippen LogP contribution in [0.25, 0.3) is 11.0 Å². The first-order valence-electron chi connectivity index (χ1n) is 9.16. The topological polar surface area (TPSA) is 47.2 Å². The molecule has 1 heterocycles. The van der Waals surface area contributed by atoms with E-state index in [1.165, 1.54) is 10.1 Å². The predicted molar refractivity (Wildman–Crippen MR) is 109 cm³/mol. The number of amides is 1. The van der Waals surface area contributed by atoms with Crippen molar-refractivity contribution in [2.24, 2.45) is 7.05 Å². The van der Waals surface area contributed by atoms with Crippen LogP contribution in [-0.2, 0) is 30.3 Å². The van der Waals surface area contributed by atoms with Gasteiger partial charge >= 0.3 is 5.69 Å². The van der Waals surface area contributed by atoms with E-state index >= 15 is 0 Å². The Morgan fingerprint density at radius 1 is 1.00 bits per heavy atom. The molecule has 0 saturated heterocycles. The molecule has 142 valence electrons. The van der Waals surface area contributed by atoms with Crippen molar-refractivity contribution in [3.8, 4) is 0 Å². The molecular formula is C22H27N3O2. The second-order valence-corrected chi connectivity index (χ2v) is 8.11. The zero-order valence-electron chi connectivity index (χ0n) is 16.7. The lowest BCUT2D eigenvalue weighted by molar-refractivity contribution is -0.131. The first-order valence-corrected chi connectivity index (χ1v) is 9.16. The van der Waals surface area contributed by atoms with Crippen molar-refractivity contribution < 1.29 is 4.79 Å². The molecule has 0 bridgehead atoms. The number of aryl methyl sites for hydroxylation is 1. The summed E-state index contributed by atoms with van der Waals surface area (Å²) in [4.78, 5) is 26.9. The second-order valence-electron chi connectivity index (χ2n) is 8.11. The Kier molecular flexibility index (Phi) is 4.96. The number of rotatable bonds is 4. The van der Waals surface area contributed by atoms with Gasteiger partial charge in [-0.3, -0.25) is 13.9 Å². The van der Waals surface area contributed by atoms with Crippen LogP contribution in [0.5, 0.6) is 0 Å². The quantitative estimate of drug-likeness (QED) is 0.712. The number of nitrogens with zero attached hydrogens (tertiary/aromatic N) is 3. The molecule has 0 fully saturated rings. The number of carbonyl (C=O) groups is 1. The minimum Gasteiger partial charge on any atom is -0.340 e. The number of aromatic nitrogens is 2. The lowest BCUT2D eigenvalue weighted by atomic mass is 9.87. The molecule has 0 unspecified atom stereocenters. The fourth-order valence-corrected chi connectivity index (χ4v) is 3.24. The van der Waals surface area contributed by atoms with Gasteiger partial charge in [-0.05, 0) is 28.7 Å². The third kappa shape index (κ3) is 3.82. The molecule has 0 spiro atoms. The van der Waals surface area contributed by atoms with E-state index < -0.39 is 0 Å². The molecule has 0 radical (unpaired) electrons. The van der Waals surface area contributed by atoms with Gasteiger partial charge in [-0.2, -0.15) is 0 Å². The van der Waals surface area contributed by atoms with Crippen LogP contribution in [0.15, 0.2) is 53.3 Å². The minimum absolute atomic E-state index is 0.0385. The molecule has 3 aromatic rings. The van der Waals surface area contributed by atoms with E-state index in [2.05, 4.69) is 45.0 Å². The first kappa shape index (κ1) is 19.0. The minimum atomic E-state index is -0.174. The van der Waals surface area contributed by atoms with Crippen molar-refractivity contribution >= 4 is 16.9 Å². The smallest absolute Gasteiger partial charge is 0.329 e. The molecule has 1 aromatic heterocycles. The average Bonchev–Trinajstić information content (AvgIpc) is 2.86. The summed E-state index contributed by atoms with van der Waals surface area (Å²) >= 11 is 0. The Labute approximate surface area is 159 Å². The monoisotopic (exact) mass is 365 g/mol. The highest BCUT2D eigenvalue weighted by molar-refractivity contribution is 5.80. The van der Waals surface area contributed by atoms with E-state index in [1.54, 1.807) is 23.6 Å². The van der Waals surface area contributed by atoms with Crippen LogP contribution in [0.1, 0.15) is 31.9 Å². The highest BCUT2D eigenvalue weighted by Gasteiger charge is 2.17. The van der Waals surface area contributed by atoms with Gasteiger partial charge in [0.1, 0.15) is 6.54 Å². The Morgan fingerprint density at radius 3 is 2.19 bits per heavy atom. The Morgan fingerprint density at radius 2 is 1.59 bits per heavy atom. The molecule has 2 aromatic carbocycles. The molecular weight excluding hydrogens is 338 g/mol. The molecule has 0 atom stereocenters. The summed E-state index contributed by atoms with van der Waals surface area (Å²) < 4.78 is 3.12. The van der Waals surface area contributed by atoms with Gasteiger partial charge in [-0.15, -0.1) is 0 Å². The SMILES string of the molecule is CN(Cc1ccc(C(C)(C)C)cc1)C(=O)Cn1c(=O)n(C)c2ccccc21. The van der Waals surface area contributed by atoms with Gasteiger partial charge in [0.2, 0.25) is 5.91 Å². The lowest BCUT2D eigenvalue weighted by Crippen LogP contribution is -2.33. The Hall–Kier alpha value is -2.82. The van der Waals surface area contributed by atoms with Crippen molar-refractivity contribution in [1.29, 1.82) is 0 Å². The Bertz CT molecular complexity index is 1020. The van der Waals surface area contributed by atoms with E-state index in [0.717, 1.165) is 16.6 Å². The summed E-state index contributed by atoms with van der Waals surface area (Å²) in [7, 11) is 3.50. The highest BCUT2D eigenvalue weighted by atomic mass is 16.2. The van der Waals surface area contributed by atoms with Gasteiger partial charge in [-0.25, -0.2) is 4.79 Å². The average molecular weight is 365 g/mol. The van der Waals surface area contributed by atoms with Crippen molar-refractivity contribution in [2.75, 3.05) is 7.05 Å². The van der Waals surface area contributed by atoms with Crippen molar-refractivity contribution in [3.63, 3.8) is 0 Å². The van der Waals surface area contributed by atoms with E-state index in [1.807, 2.05) is 24.3 Å². The number of fused-ring (bicyclic) bond motifs is 1. The second kappa shape index (κ2) is 7.06. The summed E-state index contributed by atoms with van der Waals surface area (Å²) in [5, 5.41) is 0. The largest absolute Gasteiger partial charge is 0.340 e. The maximum absolute atomic E-state index is 12.7. The number of imidazole rings is 1. The maximum Gasteiger partial charge on any atom is 0.329 e. The van der Waals surface area contributed by atoms with Gasteiger partial charge in [0.25, 0.3) is 0 Å². The summed E-state index contributed by atoms with van der Waals surface area (Å²) in [6.45, 7) is 7.10. The van der Waals surface area contributed by atoms with Crippen molar-refractivity contribution in [2.45, 2.75) is 39.3 Å². The number of para-hydroxylation sites is 2. The number of carbonyl (C=O) groups excluding carboxylic acids is 1. The molecule has 0 saturated carbocycles. The van der Waals surface area contributed by atoms with Gasteiger partial charge in [0.05, 0.1) is 11.0 Å². The lowest BCUT2D eigenvalue weighted by Gasteiger charge is -2.21. The standard InChI is InChI=1S/C22H27N3O2/c1-22(2,3)17-12-10-16(11-13-17)14-23(4)20(26)15-25-19-9-7-6-8-18(19)24(5)21(25)27/h6-13H,14-15H2,1-5H3. The number of hydrogen-bond acceptors (Lipinski definition) is 2. The van der Waals surface area contributed by atoms with E-state index in [-0.39, 0.29) is 23.6 Å². The molecule has 3 rings (SSSR count). The predicted octanol–water partition coefficient (Wildman–Crippen LogP) is 3.30. The normalized spacial score (nSPS) is 11.7. The fraction of sp³-hybridized carbons (Fsp3) is 0.364. The summed E-state index contributed by atoms with van der Waals surface area (Å²) in [5.74, 6) is -0.0895. The molecule has 1 amide bonds. The molecule has 27 heavy (non-hydrogen) atoms. The van der Waals surface area contributed by atoms with Crippen LogP contribution in [0.4, 0.5) is 0 Å². The number of likely N-dealkylation sites (N-methyl/N-ethyl adjacent to an activating group) is 1. The van der Waals surface area contributed by atoms with Gasteiger partial charge in [-0.1, -0.05) is 57.2 Å². The molecule has 5 nitrogen and oxygen atoms in total.